The number of fused-ring (bicyclic) bond motifs is 1. The molecule has 2 atom stereocenters. The lowest BCUT2D eigenvalue weighted by atomic mass is 9.76. The minimum atomic E-state index is 0.185. The van der Waals surface area contributed by atoms with E-state index in [1.807, 2.05) is 24.1 Å². The first-order valence-corrected chi connectivity index (χ1v) is 12.0. The molecule has 0 radical (unpaired) electrons. The van der Waals surface area contributed by atoms with Crippen LogP contribution < -0.4 is 10.5 Å². The molecule has 3 rings (SSSR count). The Balaban J connectivity index is 1.69. The normalized spacial score (nSPS) is 18.9. The van der Waals surface area contributed by atoms with Crippen molar-refractivity contribution >= 4 is 35.1 Å². The highest BCUT2D eigenvalue weighted by Gasteiger charge is 2.27. The molecule has 28 heavy (non-hydrogen) atoms. The van der Waals surface area contributed by atoms with Gasteiger partial charge in [0.2, 0.25) is 0 Å². The van der Waals surface area contributed by atoms with Gasteiger partial charge in [0.15, 0.2) is 0 Å². The first kappa shape index (κ1) is 22.0. The predicted octanol–water partition coefficient (Wildman–Crippen LogP) is 6.17. The average Bonchev–Trinajstić information content (AvgIpc) is 2.69. The molecule has 5 heteroatoms. The van der Waals surface area contributed by atoms with E-state index in [0.29, 0.717) is 16.0 Å². The number of rotatable bonds is 9. The summed E-state index contributed by atoms with van der Waals surface area (Å²) in [6, 6.07) is 13.1. The molecule has 0 aromatic heterocycles. The van der Waals surface area contributed by atoms with E-state index < -0.39 is 0 Å². The van der Waals surface area contributed by atoms with Crippen LogP contribution in [-0.2, 0) is 19.3 Å². The van der Waals surface area contributed by atoms with Gasteiger partial charge in [-0.15, -0.1) is 0 Å². The fraction of sp³-hybridized carbons (Fsp3) is 0.478. The van der Waals surface area contributed by atoms with E-state index in [9.17, 15) is 0 Å². The van der Waals surface area contributed by atoms with Crippen molar-refractivity contribution in [3.8, 4) is 0 Å². The van der Waals surface area contributed by atoms with Gasteiger partial charge in [0, 0.05) is 24.3 Å². The van der Waals surface area contributed by atoms with Crippen molar-refractivity contribution in [3.05, 3.63) is 68.7 Å². The Morgan fingerprint density at radius 3 is 2.71 bits per heavy atom. The molecule has 2 nitrogen and oxygen atoms in total. The Labute approximate surface area is 183 Å². The Morgan fingerprint density at radius 2 is 1.93 bits per heavy atom. The molecule has 0 saturated heterocycles. The molecule has 0 amide bonds. The van der Waals surface area contributed by atoms with Gasteiger partial charge in [-0.05, 0) is 72.9 Å². The quantitative estimate of drug-likeness (QED) is 0.364. The van der Waals surface area contributed by atoms with Crippen LogP contribution in [0.3, 0.4) is 0 Å². The lowest BCUT2D eigenvalue weighted by Gasteiger charge is -2.32. The van der Waals surface area contributed by atoms with Crippen molar-refractivity contribution in [2.45, 2.75) is 57.4 Å². The molecule has 0 saturated carbocycles. The van der Waals surface area contributed by atoms with Crippen LogP contribution in [0.1, 0.15) is 54.4 Å². The Kier molecular flexibility index (Phi) is 8.55. The highest BCUT2D eigenvalue weighted by atomic mass is 35.5. The molecule has 0 aliphatic heterocycles. The molecule has 2 unspecified atom stereocenters. The summed E-state index contributed by atoms with van der Waals surface area (Å²) in [5.41, 5.74) is 12.0. The second-order valence-corrected chi connectivity index (χ2v) is 9.44. The van der Waals surface area contributed by atoms with Gasteiger partial charge < -0.3 is 5.73 Å². The Morgan fingerprint density at radius 1 is 1.11 bits per heavy atom. The van der Waals surface area contributed by atoms with Gasteiger partial charge in [-0.2, -0.15) is 0 Å². The molecule has 3 N–H and O–H groups in total. The molecule has 2 aromatic rings. The lowest BCUT2D eigenvalue weighted by Crippen LogP contribution is -2.34. The van der Waals surface area contributed by atoms with Crippen LogP contribution in [0, 0.1) is 0 Å². The molecule has 152 valence electrons. The van der Waals surface area contributed by atoms with E-state index in [0.717, 1.165) is 38.6 Å². The minimum absolute atomic E-state index is 0.185. The molecule has 0 fully saturated rings. The van der Waals surface area contributed by atoms with Gasteiger partial charge >= 0.3 is 0 Å². The molecule has 1 aliphatic carbocycles. The first-order valence-electron chi connectivity index (χ1n) is 10.2. The summed E-state index contributed by atoms with van der Waals surface area (Å²) in [6.07, 6.45) is 6.48. The van der Waals surface area contributed by atoms with Crippen LogP contribution in [0.25, 0.3) is 0 Å². The maximum absolute atomic E-state index is 6.56. The van der Waals surface area contributed by atoms with Crippen LogP contribution in [0.5, 0.6) is 0 Å². The lowest BCUT2D eigenvalue weighted by molar-refractivity contribution is 0.467. The molecule has 0 heterocycles. The highest BCUT2D eigenvalue weighted by molar-refractivity contribution is 7.97. The zero-order chi connectivity index (χ0) is 19.9. The number of aryl methyl sites for hydroxylation is 2. The number of hydrogen-bond donors (Lipinski definition) is 2. The summed E-state index contributed by atoms with van der Waals surface area (Å²) in [5, 5.41) is 1.22. The fourth-order valence-corrected chi connectivity index (χ4v) is 4.88. The van der Waals surface area contributed by atoms with Gasteiger partial charge in [-0.3, -0.25) is 4.72 Å². The Bertz CT molecular complexity index is 781. The standard InChI is InChI=1S/C23H30Cl2N2S/c1-2-12-28-27-11-3-4-16-5-7-18-8-10-23(26)20(19(18)13-16)14-17-6-9-21(24)22(25)15-17/h5-7,9,13,15,20,23,27H,2-4,8,10-12,14,26H2,1H3. The number of nitrogens with two attached hydrogens (primary N) is 1. The minimum Gasteiger partial charge on any atom is -0.327 e. The largest absolute Gasteiger partial charge is 0.327 e. The average molecular weight is 437 g/mol. The maximum Gasteiger partial charge on any atom is 0.0595 e. The number of nitrogens with one attached hydrogen (secondary N) is 1. The fourth-order valence-electron chi connectivity index (χ4n) is 3.92. The van der Waals surface area contributed by atoms with Crippen molar-refractivity contribution < 1.29 is 0 Å². The molecule has 2 aromatic carbocycles. The predicted molar refractivity (Wildman–Crippen MR) is 125 cm³/mol. The number of hydrogen-bond acceptors (Lipinski definition) is 3. The second kappa shape index (κ2) is 10.9. The van der Waals surface area contributed by atoms with Crippen molar-refractivity contribution in [3.63, 3.8) is 0 Å². The van der Waals surface area contributed by atoms with E-state index in [1.54, 1.807) is 0 Å². The van der Waals surface area contributed by atoms with Gasteiger partial charge in [0.05, 0.1) is 10.0 Å². The van der Waals surface area contributed by atoms with E-state index in [2.05, 4.69) is 35.9 Å². The summed E-state index contributed by atoms with van der Waals surface area (Å²) < 4.78 is 3.45. The zero-order valence-electron chi connectivity index (χ0n) is 16.5. The molecule has 0 bridgehead atoms. The third-order valence-corrected chi connectivity index (χ3v) is 7.23. The van der Waals surface area contributed by atoms with E-state index >= 15 is 0 Å². The maximum atomic E-state index is 6.56. The third-order valence-electron chi connectivity index (χ3n) is 5.47. The van der Waals surface area contributed by atoms with Crippen LogP contribution in [0.4, 0.5) is 0 Å². The molecular formula is C23H30Cl2N2S. The van der Waals surface area contributed by atoms with E-state index in [1.165, 1.54) is 34.4 Å². The summed E-state index contributed by atoms with van der Waals surface area (Å²) >= 11 is 14.1. The number of halogens is 2. The topological polar surface area (TPSA) is 38.0 Å². The summed E-state index contributed by atoms with van der Waals surface area (Å²) in [5.74, 6) is 1.51. The van der Waals surface area contributed by atoms with Crippen molar-refractivity contribution in [2.75, 3.05) is 12.3 Å². The van der Waals surface area contributed by atoms with E-state index in [4.69, 9.17) is 28.9 Å². The van der Waals surface area contributed by atoms with Gasteiger partial charge in [0.1, 0.15) is 0 Å². The zero-order valence-corrected chi connectivity index (χ0v) is 18.8. The van der Waals surface area contributed by atoms with Gasteiger partial charge in [0.25, 0.3) is 0 Å². The van der Waals surface area contributed by atoms with Crippen LogP contribution in [0.15, 0.2) is 36.4 Å². The van der Waals surface area contributed by atoms with Crippen molar-refractivity contribution in [2.24, 2.45) is 5.73 Å². The van der Waals surface area contributed by atoms with Crippen molar-refractivity contribution in [1.82, 2.24) is 4.72 Å². The van der Waals surface area contributed by atoms with E-state index in [-0.39, 0.29) is 6.04 Å². The third kappa shape index (κ3) is 5.90. The van der Waals surface area contributed by atoms with Crippen molar-refractivity contribution in [1.29, 1.82) is 0 Å². The molecule has 0 spiro atoms. The van der Waals surface area contributed by atoms with Crippen LogP contribution >= 0.6 is 35.1 Å². The number of benzene rings is 2. The summed E-state index contributed by atoms with van der Waals surface area (Å²) in [6.45, 7) is 3.26. The second-order valence-electron chi connectivity index (χ2n) is 7.64. The summed E-state index contributed by atoms with van der Waals surface area (Å²) in [4.78, 5) is 0. The van der Waals surface area contributed by atoms with Crippen LogP contribution in [0.2, 0.25) is 10.0 Å². The van der Waals surface area contributed by atoms with Crippen LogP contribution in [-0.4, -0.2) is 18.3 Å². The SMILES string of the molecule is CCCSNCCCc1ccc2c(c1)C(Cc1ccc(Cl)c(Cl)c1)C(N)CC2. The smallest absolute Gasteiger partial charge is 0.0595 e. The monoisotopic (exact) mass is 436 g/mol. The highest BCUT2D eigenvalue weighted by Crippen LogP contribution is 2.35. The Hall–Kier alpha value is -0.710. The molecular weight excluding hydrogens is 407 g/mol. The van der Waals surface area contributed by atoms with Gasteiger partial charge in [-0.25, -0.2) is 0 Å². The summed E-state index contributed by atoms with van der Waals surface area (Å²) in [7, 11) is 0. The first-order chi connectivity index (χ1) is 13.6. The molecule has 1 aliphatic rings. The van der Waals surface area contributed by atoms with Gasteiger partial charge in [-0.1, -0.05) is 66.3 Å².